The van der Waals surface area contributed by atoms with Crippen LogP contribution in [0.2, 0.25) is 0 Å². The maximum atomic E-state index is 9.08. The van der Waals surface area contributed by atoms with Crippen LogP contribution in [0.3, 0.4) is 0 Å². The molecule has 1 aliphatic carbocycles. The van der Waals surface area contributed by atoms with Crippen molar-refractivity contribution in [3.05, 3.63) is 29.8 Å². The summed E-state index contributed by atoms with van der Waals surface area (Å²) in [6.07, 6.45) is 2.62. The zero-order valence-corrected chi connectivity index (χ0v) is 7.33. The first-order valence-electron chi connectivity index (χ1n) is 4.60. The number of rotatable bonds is 2. The molecule has 0 radical (unpaired) electrons. The fraction of sp³-hybridized carbons (Fsp3) is 0.455. The molecule has 0 spiro atoms. The number of phenolic OH excluding ortho intramolecular Hbond substituents is 1. The highest BCUT2D eigenvalue weighted by Crippen LogP contribution is 2.49. The van der Waals surface area contributed by atoms with Crippen LogP contribution in [-0.2, 0) is 0 Å². The number of aromatic hydroxyl groups is 1. The minimum Gasteiger partial charge on any atom is -0.508 e. The second-order valence-electron chi connectivity index (χ2n) is 3.60. The molecule has 12 heavy (non-hydrogen) atoms. The molecule has 0 aliphatic heterocycles. The van der Waals surface area contributed by atoms with Gasteiger partial charge in [0.25, 0.3) is 0 Å². The molecule has 1 N–H and O–H groups in total. The Labute approximate surface area is 73.0 Å². The normalized spacial score (nSPS) is 27.1. The minimum atomic E-state index is 0.368. The maximum absolute atomic E-state index is 9.08. The summed E-state index contributed by atoms with van der Waals surface area (Å²) in [4.78, 5) is 0. The molecule has 0 aromatic heterocycles. The Balaban J connectivity index is 2.10. The molecule has 1 fully saturated rings. The number of phenols is 1. The number of benzene rings is 1. The zero-order valence-electron chi connectivity index (χ0n) is 7.33. The Hall–Kier alpha value is -0.980. The quantitative estimate of drug-likeness (QED) is 0.709. The van der Waals surface area contributed by atoms with E-state index >= 15 is 0 Å². The summed E-state index contributed by atoms with van der Waals surface area (Å²) in [6.45, 7) is 2.24. The van der Waals surface area contributed by atoms with Crippen molar-refractivity contribution in [2.45, 2.75) is 25.7 Å². The standard InChI is InChI=1S/C11H14O/c1-2-8-7-11(8)9-3-5-10(12)6-4-9/h3-6,8,11-12H,2,7H2,1H3. The lowest BCUT2D eigenvalue weighted by Crippen LogP contribution is -1.80. The smallest absolute Gasteiger partial charge is 0.115 e. The molecule has 64 valence electrons. The van der Waals surface area contributed by atoms with Crippen molar-refractivity contribution in [2.24, 2.45) is 5.92 Å². The summed E-state index contributed by atoms with van der Waals surface area (Å²) >= 11 is 0. The fourth-order valence-corrected chi connectivity index (χ4v) is 1.83. The van der Waals surface area contributed by atoms with E-state index in [1.54, 1.807) is 12.1 Å². The van der Waals surface area contributed by atoms with Gasteiger partial charge in [0.15, 0.2) is 0 Å². The molecule has 0 amide bonds. The van der Waals surface area contributed by atoms with Crippen LogP contribution in [0.15, 0.2) is 24.3 Å². The van der Waals surface area contributed by atoms with Gasteiger partial charge in [-0.2, -0.15) is 0 Å². The summed E-state index contributed by atoms with van der Waals surface area (Å²) < 4.78 is 0. The van der Waals surface area contributed by atoms with E-state index in [1.165, 1.54) is 18.4 Å². The molecule has 2 unspecified atom stereocenters. The van der Waals surface area contributed by atoms with Crippen molar-refractivity contribution in [3.63, 3.8) is 0 Å². The average molecular weight is 162 g/mol. The van der Waals surface area contributed by atoms with E-state index < -0.39 is 0 Å². The van der Waals surface area contributed by atoms with Crippen LogP contribution in [0.25, 0.3) is 0 Å². The van der Waals surface area contributed by atoms with Crippen LogP contribution < -0.4 is 0 Å². The molecule has 2 rings (SSSR count). The van der Waals surface area contributed by atoms with Crippen LogP contribution in [0.1, 0.15) is 31.2 Å². The Morgan fingerprint density at radius 2 is 2.00 bits per heavy atom. The predicted molar refractivity (Wildman–Crippen MR) is 49.2 cm³/mol. The monoisotopic (exact) mass is 162 g/mol. The lowest BCUT2D eigenvalue weighted by Gasteiger charge is -1.98. The number of hydrogen-bond acceptors (Lipinski definition) is 1. The highest BCUT2D eigenvalue weighted by atomic mass is 16.3. The zero-order chi connectivity index (χ0) is 8.55. The SMILES string of the molecule is CCC1CC1c1ccc(O)cc1. The second kappa shape index (κ2) is 2.81. The van der Waals surface area contributed by atoms with E-state index in [4.69, 9.17) is 5.11 Å². The van der Waals surface area contributed by atoms with Crippen LogP contribution in [-0.4, -0.2) is 5.11 Å². The van der Waals surface area contributed by atoms with E-state index in [2.05, 4.69) is 6.92 Å². The Bertz CT molecular complexity index is 263. The predicted octanol–water partition coefficient (Wildman–Crippen LogP) is 2.91. The van der Waals surface area contributed by atoms with Gasteiger partial charge in [0.05, 0.1) is 0 Å². The van der Waals surface area contributed by atoms with Gasteiger partial charge in [-0.15, -0.1) is 0 Å². The molecular weight excluding hydrogens is 148 g/mol. The molecule has 1 nitrogen and oxygen atoms in total. The third kappa shape index (κ3) is 1.31. The summed E-state index contributed by atoms with van der Waals surface area (Å²) in [5.74, 6) is 2.04. The van der Waals surface area contributed by atoms with Gasteiger partial charge in [0, 0.05) is 0 Å². The van der Waals surface area contributed by atoms with Crippen LogP contribution >= 0.6 is 0 Å². The Morgan fingerprint density at radius 1 is 1.33 bits per heavy atom. The molecule has 1 saturated carbocycles. The van der Waals surface area contributed by atoms with Gasteiger partial charge in [-0.05, 0) is 36.0 Å². The lowest BCUT2D eigenvalue weighted by molar-refractivity contribution is 0.475. The first-order chi connectivity index (χ1) is 5.81. The van der Waals surface area contributed by atoms with Crippen molar-refractivity contribution in [1.82, 2.24) is 0 Å². The van der Waals surface area contributed by atoms with Crippen LogP contribution in [0.5, 0.6) is 5.75 Å². The third-order valence-electron chi connectivity index (χ3n) is 2.77. The Morgan fingerprint density at radius 3 is 2.50 bits per heavy atom. The summed E-state index contributed by atoms with van der Waals surface area (Å²) in [6, 6.07) is 7.63. The molecule has 0 heterocycles. The van der Waals surface area contributed by atoms with Gasteiger partial charge in [0.2, 0.25) is 0 Å². The van der Waals surface area contributed by atoms with Gasteiger partial charge < -0.3 is 5.11 Å². The molecule has 1 aliphatic rings. The van der Waals surface area contributed by atoms with Crippen LogP contribution in [0.4, 0.5) is 0 Å². The summed E-state index contributed by atoms with van der Waals surface area (Å²) in [7, 11) is 0. The highest BCUT2D eigenvalue weighted by Gasteiger charge is 2.36. The first kappa shape index (κ1) is 7.66. The van der Waals surface area contributed by atoms with Gasteiger partial charge in [-0.1, -0.05) is 25.5 Å². The van der Waals surface area contributed by atoms with Crippen molar-refractivity contribution in [1.29, 1.82) is 0 Å². The van der Waals surface area contributed by atoms with E-state index in [-0.39, 0.29) is 0 Å². The Kier molecular flexibility index (Phi) is 1.80. The van der Waals surface area contributed by atoms with E-state index in [1.807, 2.05) is 12.1 Å². The molecule has 1 aromatic rings. The number of hydrogen-bond donors (Lipinski definition) is 1. The topological polar surface area (TPSA) is 20.2 Å². The molecular formula is C11H14O. The second-order valence-corrected chi connectivity index (χ2v) is 3.60. The largest absolute Gasteiger partial charge is 0.508 e. The van der Waals surface area contributed by atoms with Gasteiger partial charge in [-0.3, -0.25) is 0 Å². The third-order valence-corrected chi connectivity index (χ3v) is 2.77. The molecule has 0 saturated heterocycles. The summed E-state index contributed by atoms with van der Waals surface area (Å²) in [5.41, 5.74) is 1.39. The average Bonchev–Trinajstić information content (AvgIpc) is 2.85. The molecule has 1 aromatic carbocycles. The molecule has 1 heteroatoms. The van der Waals surface area contributed by atoms with Crippen LogP contribution in [0, 0.1) is 5.92 Å². The van der Waals surface area contributed by atoms with Crippen molar-refractivity contribution >= 4 is 0 Å². The van der Waals surface area contributed by atoms with Crippen molar-refractivity contribution in [2.75, 3.05) is 0 Å². The van der Waals surface area contributed by atoms with E-state index in [0.717, 1.165) is 11.8 Å². The first-order valence-corrected chi connectivity index (χ1v) is 4.60. The minimum absolute atomic E-state index is 0.368. The van der Waals surface area contributed by atoms with Gasteiger partial charge in [-0.25, -0.2) is 0 Å². The van der Waals surface area contributed by atoms with Crippen molar-refractivity contribution < 1.29 is 5.11 Å². The highest BCUT2D eigenvalue weighted by molar-refractivity contribution is 5.31. The van der Waals surface area contributed by atoms with E-state index in [0.29, 0.717) is 5.75 Å². The maximum Gasteiger partial charge on any atom is 0.115 e. The van der Waals surface area contributed by atoms with Gasteiger partial charge in [0.1, 0.15) is 5.75 Å². The lowest BCUT2D eigenvalue weighted by atomic mass is 10.1. The van der Waals surface area contributed by atoms with E-state index in [9.17, 15) is 0 Å². The molecule has 0 bridgehead atoms. The molecule has 2 atom stereocenters. The fourth-order valence-electron chi connectivity index (χ4n) is 1.83. The summed E-state index contributed by atoms with van der Waals surface area (Å²) in [5, 5.41) is 9.08. The van der Waals surface area contributed by atoms with Gasteiger partial charge >= 0.3 is 0 Å². The van der Waals surface area contributed by atoms with Crippen molar-refractivity contribution in [3.8, 4) is 5.75 Å².